The molecule has 0 bridgehead atoms. The van der Waals surface area contributed by atoms with Crippen LogP contribution in [0.5, 0.6) is 11.5 Å². The van der Waals surface area contributed by atoms with E-state index in [2.05, 4.69) is 10.3 Å². The Morgan fingerprint density at radius 3 is 2.77 bits per heavy atom. The summed E-state index contributed by atoms with van der Waals surface area (Å²) in [5.41, 5.74) is 2.08. The average molecular weight is 366 g/mol. The lowest BCUT2D eigenvalue weighted by Crippen LogP contribution is -2.14. The fraction of sp³-hybridized carbons (Fsp3) is 0.105. The normalized spacial score (nSPS) is 12.0. The number of amides is 1. The van der Waals surface area contributed by atoms with Gasteiger partial charge in [-0.05, 0) is 37.3 Å². The summed E-state index contributed by atoms with van der Waals surface area (Å²) in [5, 5.41) is 5.14. The largest absolute Gasteiger partial charge is 0.454 e. The summed E-state index contributed by atoms with van der Waals surface area (Å²) < 4.78 is 10.7. The molecule has 7 heteroatoms. The van der Waals surface area contributed by atoms with E-state index in [1.54, 1.807) is 29.6 Å². The number of benzene rings is 2. The van der Waals surface area contributed by atoms with Gasteiger partial charge in [-0.3, -0.25) is 9.59 Å². The number of aromatic nitrogens is 1. The van der Waals surface area contributed by atoms with Crippen LogP contribution >= 0.6 is 11.3 Å². The van der Waals surface area contributed by atoms with Gasteiger partial charge in [-0.25, -0.2) is 4.98 Å². The Kier molecular flexibility index (Phi) is 4.14. The molecular formula is C19H14N2O4S. The number of hydrogen-bond acceptors (Lipinski definition) is 6. The summed E-state index contributed by atoms with van der Waals surface area (Å²) in [6.45, 7) is 1.67. The van der Waals surface area contributed by atoms with Crippen LogP contribution in [0.15, 0.2) is 47.8 Å². The molecule has 2 heterocycles. The maximum absolute atomic E-state index is 12.5. The second kappa shape index (κ2) is 6.61. The lowest BCUT2D eigenvalue weighted by Gasteiger charge is -2.07. The Balaban J connectivity index is 1.57. The highest BCUT2D eigenvalue weighted by Crippen LogP contribution is 2.36. The van der Waals surface area contributed by atoms with E-state index in [4.69, 9.17) is 9.47 Å². The number of anilines is 1. The average Bonchev–Trinajstić information content (AvgIpc) is 3.30. The van der Waals surface area contributed by atoms with Crippen LogP contribution in [0.4, 0.5) is 5.69 Å². The first kappa shape index (κ1) is 16.3. The minimum absolute atomic E-state index is 0.111. The van der Waals surface area contributed by atoms with Gasteiger partial charge in [0.05, 0.1) is 5.69 Å². The Labute approximate surface area is 153 Å². The van der Waals surface area contributed by atoms with Crippen molar-refractivity contribution < 1.29 is 19.1 Å². The van der Waals surface area contributed by atoms with Gasteiger partial charge in [0.15, 0.2) is 17.3 Å². The monoisotopic (exact) mass is 366 g/mol. The molecule has 1 aliphatic rings. The molecule has 0 fully saturated rings. The number of carbonyl (C=O) groups is 2. The van der Waals surface area contributed by atoms with E-state index in [1.165, 1.54) is 18.3 Å². The van der Waals surface area contributed by atoms with Crippen molar-refractivity contribution in [3.8, 4) is 22.1 Å². The van der Waals surface area contributed by atoms with E-state index in [1.807, 2.05) is 18.2 Å². The van der Waals surface area contributed by atoms with Crippen molar-refractivity contribution in [2.45, 2.75) is 6.92 Å². The van der Waals surface area contributed by atoms with Crippen molar-refractivity contribution >= 4 is 28.7 Å². The Morgan fingerprint density at radius 1 is 1.12 bits per heavy atom. The van der Waals surface area contributed by atoms with E-state index >= 15 is 0 Å². The van der Waals surface area contributed by atoms with Gasteiger partial charge in [-0.1, -0.05) is 12.1 Å². The molecule has 0 spiro atoms. The quantitative estimate of drug-likeness (QED) is 0.707. The summed E-state index contributed by atoms with van der Waals surface area (Å²) >= 11 is 1.36. The van der Waals surface area contributed by atoms with E-state index in [9.17, 15) is 9.59 Å². The molecule has 1 N–H and O–H groups in total. The minimum atomic E-state index is -0.359. The van der Waals surface area contributed by atoms with Crippen molar-refractivity contribution in [3.05, 3.63) is 59.1 Å². The first-order valence-electron chi connectivity index (χ1n) is 7.88. The highest BCUT2D eigenvalue weighted by molar-refractivity contribution is 7.13. The van der Waals surface area contributed by atoms with Crippen LogP contribution in [-0.4, -0.2) is 23.5 Å². The second-order valence-electron chi connectivity index (χ2n) is 5.66. The van der Waals surface area contributed by atoms with Crippen LogP contribution < -0.4 is 14.8 Å². The Hall–Kier alpha value is -3.19. The molecule has 1 aromatic heterocycles. The topological polar surface area (TPSA) is 77.5 Å². The Bertz CT molecular complexity index is 1010. The number of para-hydroxylation sites is 1. The standard InChI is InChI=1S/C19H14N2O4S/c1-11(22)13-4-2-3-5-14(13)20-18(23)15-9-26-19(21-15)12-6-7-16-17(8-12)25-10-24-16/h2-9H,10H2,1H3,(H,20,23). The number of ketones is 1. The summed E-state index contributed by atoms with van der Waals surface area (Å²) in [7, 11) is 0. The summed E-state index contributed by atoms with van der Waals surface area (Å²) in [6.07, 6.45) is 0. The van der Waals surface area contributed by atoms with Gasteiger partial charge in [0.2, 0.25) is 6.79 Å². The number of rotatable bonds is 4. The van der Waals surface area contributed by atoms with Crippen LogP contribution in [0.3, 0.4) is 0 Å². The molecule has 0 radical (unpaired) electrons. The smallest absolute Gasteiger partial charge is 0.275 e. The molecule has 1 amide bonds. The Morgan fingerprint density at radius 2 is 1.92 bits per heavy atom. The number of carbonyl (C=O) groups excluding carboxylic acids is 2. The zero-order chi connectivity index (χ0) is 18.1. The molecule has 3 aromatic rings. The van der Waals surface area contributed by atoms with Crippen molar-refractivity contribution in [2.24, 2.45) is 0 Å². The zero-order valence-corrected chi connectivity index (χ0v) is 14.6. The number of nitrogens with one attached hydrogen (secondary N) is 1. The summed E-state index contributed by atoms with van der Waals surface area (Å²) in [4.78, 5) is 28.6. The van der Waals surface area contributed by atoms with Gasteiger partial charge in [-0.15, -0.1) is 11.3 Å². The molecular weight excluding hydrogens is 352 g/mol. The number of ether oxygens (including phenoxy) is 2. The third-order valence-corrected chi connectivity index (χ3v) is 4.80. The molecule has 4 rings (SSSR count). The zero-order valence-electron chi connectivity index (χ0n) is 13.8. The van der Waals surface area contributed by atoms with Gasteiger partial charge in [-0.2, -0.15) is 0 Å². The minimum Gasteiger partial charge on any atom is -0.454 e. The fourth-order valence-electron chi connectivity index (χ4n) is 2.63. The van der Waals surface area contributed by atoms with E-state index in [0.717, 1.165) is 5.56 Å². The molecule has 1 aliphatic heterocycles. The van der Waals surface area contributed by atoms with Crippen molar-refractivity contribution in [1.29, 1.82) is 0 Å². The van der Waals surface area contributed by atoms with Crippen LogP contribution in [0, 0.1) is 0 Å². The van der Waals surface area contributed by atoms with Gasteiger partial charge in [0, 0.05) is 16.5 Å². The lowest BCUT2D eigenvalue weighted by atomic mass is 10.1. The molecule has 0 aliphatic carbocycles. The van der Waals surface area contributed by atoms with Crippen LogP contribution in [0.2, 0.25) is 0 Å². The molecule has 26 heavy (non-hydrogen) atoms. The van der Waals surface area contributed by atoms with E-state index in [-0.39, 0.29) is 18.5 Å². The molecule has 0 saturated heterocycles. The molecule has 0 atom stereocenters. The third-order valence-electron chi connectivity index (χ3n) is 3.91. The number of fused-ring (bicyclic) bond motifs is 1. The highest BCUT2D eigenvalue weighted by atomic mass is 32.1. The van der Waals surface area contributed by atoms with Crippen LogP contribution in [0.25, 0.3) is 10.6 Å². The molecule has 2 aromatic carbocycles. The molecule has 130 valence electrons. The van der Waals surface area contributed by atoms with Crippen molar-refractivity contribution in [2.75, 3.05) is 12.1 Å². The van der Waals surface area contributed by atoms with Crippen LogP contribution in [0.1, 0.15) is 27.8 Å². The maximum Gasteiger partial charge on any atom is 0.275 e. The molecule has 6 nitrogen and oxygen atoms in total. The highest BCUT2D eigenvalue weighted by Gasteiger charge is 2.18. The van der Waals surface area contributed by atoms with Gasteiger partial charge in [0.25, 0.3) is 5.91 Å². The first-order chi connectivity index (χ1) is 12.6. The van der Waals surface area contributed by atoms with Gasteiger partial charge >= 0.3 is 0 Å². The number of thiazole rings is 1. The van der Waals surface area contributed by atoms with Gasteiger partial charge in [0.1, 0.15) is 10.7 Å². The van der Waals surface area contributed by atoms with E-state index < -0.39 is 0 Å². The molecule has 0 unspecified atom stereocenters. The summed E-state index contributed by atoms with van der Waals surface area (Å²) in [5.74, 6) is 0.894. The second-order valence-corrected chi connectivity index (χ2v) is 6.52. The summed E-state index contributed by atoms with van der Waals surface area (Å²) in [6, 6.07) is 12.4. The fourth-order valence-corrected chi connectivity index (χ4v) is 3.42. The van der Waals surface area contributed by atoms with Gasteiger partial charge < -0.3 is 14.8 Å². The lowest BCUT2D eigenvalue weighted by molar-refractivity contribution is 0.101. The number of hydrogen-bond donors (Lipinski definition) is 1. The number of nitrogens with zero attached hydrogens (tertiary/aromatic N) is 1. The predicted octanol–water partition coefficient (Wildman–Crippen LogP) is 3.99. The van der Waals surface area contributed by atoms with Crippen molar-refractivity contribution in [1.82, 2.24) is 4.98 Å². The third kappa shape index (κ3) is 3.04. The SMILES string of the molecule is CC(=O)c1ccccc1NC(=O)c1csc(-c2ccc3c(c2)OCO3)n1. The number of Topliss-reactive ketones (excluding diaryl/α,β-unsaturated/α-hetero) is 1. The molecule has 0 saturated carbocycles. The predicted molar refractivity (Wildman–Crippen MR) is 98.1 cm³/mol. The first-order valence-corrected chi connectivity index (χ1v) is 8.76. The maximum atomic E-state index is 12.5. The van der Waals surface area contributed by atoms with Crippen molar-refractivity contribution in [3.63, 3.8) is 0 Å². The van der Waals surface area contributed by atoms with E-state index in [0.29, 0.717) is 33.5 Å². The van der Waals surface area contributed by atoms with Crippen LogP contribution in [-0.2, 0) is 0 Å².